The fourth-order valence-corrected chi connectivity index (χ4v) is 1.43. The van der Waals surface area contributed by atoms with Crippen molar-refractivity contribution in [3.05, 3.63) is 0 Å². The standard InChI is InChI=1S/C8H19N2O/c1-8(2)9-4-6-10(3,11)7-5-9/h8,11H,4-7H2,1-3H3/q+1. The fraction of sp³-hybridized carbons (Fsp3) is 1.00. The molecule has 1 rings (SSSR count). The van der Waals surface area contributed by atoms with Crippen molar-refractivity contribution in [2.45, 2.75) is 19.9 Å². The number of piperazine rings is 1. The van der Waals surface area contributed by atoms with E-state index in [0.717, 1.165) is 26.2 Å². The minimum Gasteiger partial charge on any atom is -0.290 e. The van der Waals surface area contributed by atoms with E-state index in [-0.39, 0.29) is 4.65 Å². The van der Waals surface area contributed by atoms with Crippen LogP contribution >= 0.6 is 0 Å². The highest BCUT2D eigenvalue weighted by Gasteiger charge is 2.27. The summed E-state index contributed by atoms with van der Waals surface area (Å²) in [4.78, 5) is 2.40. The Labute approximate surface area is 68.8 Å². The quantitative estimate of drug-likeness (QED) is 0.565. The Balaban J connectivity index is 2.36. The molecule has 0 atom stereocenters. The lowest BCUT2D eigenvalue weighted by molar-refractivity contribution is -1.09. The largest absolute Gasteiger partial charge is 0.290 e. The first-order valence-electron chi connectivity index (χ1n) is 4.33. The molecular formula is C8H19N2O+. The van der Waals surface area contributed by atoms with E-state index in [1.165, 1.54) is 0 Å². The average molecular weight is 159 g/mol. The zero-order valence-corrected chi connectivity index (χ0v) is 7.75. The highest BCUT2D eigenvalue weighted by molar-refractivity contribution is 4.64. The lowest BCUT2D eigenvalue weighted by Gasteiger charge is -2.37. The number of hydrogen-bond acceptors (Lipinski definition) is 2. The van der Waals surface area contributed by atoms with Crippen LogP contribution < -0.4 is 0 Å². The lowest BCUT2D eigenvalue weighted by Crippen LogP contribution is -2.56. The predicted molar refractivity (Wildman–Crippen MR) is 44.4 cm³/mol. The number of quaternary nitrogens is 1. The van der Waals surface area contributed by atoms with E-state index in [2.05, 4.69) is 18.7 Å². The normalized spacial score (nSPS) is 25.9. The van der Waals surface area contributed by atoms with Crippen LogP contribution in [-0.4, -0.2) is 54.0 Å². The molecule has 0 unspecified atom stereocenters. The predicted octanol–water partition coefficient (Wildman–Crippen LogP) is 0.546. The van der Waals surface area contributed by atoms with E-state index in [1.54, 1.807) is 0 Å². The first-order chi connectivity index (χ1) is 5.01. The third-order valence-corrected chi connectivity index (χ3v) is 2.47. The molecule has 0 spiro atoms. The van der Waals surface area contributed by atoms with Gasteiger partial charge in [0.15, 0.2) is 0 Å². The molecule has 1 aliphatic heterocycles. The van der Waals surface area contributed by atoms with Crippen molar-refractivity contribution >= 4 is 0 Å². The Morgan fingerprint density at radius 3 is 2.09 bits per heavy atom. The lowest BCUT2D eigenvalue weighted by atomic mass is 10.2. The molecule has 1 aliphatic rings. The average Bonchev–Trinajstić information content (AvgIpc) is 1.86. The van der Waals surface area contributed by atoms with Gasteiger partial charge >= 0.3 is 0 Å². The maximum Gasteiger partial charge on any atom is 0.121 e. The molecule has 1 N–H and O–H groups in total. The number of nitrogens with zero attached hydrogens (tertiary/aromatic N) is 2. The van der Waals surface area contributed by atoms with Gasteiger partial charge in [-0.15, -0.1) is 0 Å². The first kappa shape index (κ1) is 8.97. The molecule has 1 saturated heterocycles. The van der Waals surface area contributed by atoms with E-state index in [1.807, 2.05) is 7.05 Å². The van der Waals surface area contributed by atoms with Crippen LogP contribution in [0.15, 0.2) is 0 Å². The van der Waals surface area contributed by atoms with Crippen LogP contribution in [0.1, 0.15) is 13.8 Å². The van der Waals surface area contributed by atoms with Crippen LogP contribution in [0, 0.1) is 0 Å². The molecule has 0 amide bonds. The van der Waals surface area contributed by atoms with Gasteiger partial charge in [0, 0.05) is 6.04 Å². The molecule has 0 radical (unpaired) electrons. The minimum atomic E-state index is 0.198. The smallest absolute Gasteiger partial charge is 0.121 e. The molecule has 0 aliphatic carbocycles. The number of rotatable bonds is 1. The van der Waals surface area contributed by atoms with Crippen LogP contribution in [0.25, 0.3) is 0 Å². The van der Waals surface area contributed by atoms with Crippen molar-refractivity contribution in [1.29, 1.82) is 0 Å². The highest BCUT2D eigenvalue weighted by atomic mass is 16.5. The summed E-state index contributed by atoms with van der Waals surface area (Å²) in [5.74, 6) is 0. The van der Waals surface area contributed by atoms with E-state index in [4.69, 9.17) is 0 Å². The molecule has 0 bridgehead atoms. The molecular weight excluding hydrogens is 140 g/mol. The van der Waals surface area contributed by atoms with Gasteiger partial charge in [-0.3, -0.25) is 4.90 Å². The molecule has 3 heteroatoms. The van der Waals surface area contributed by atoms with Gasteiger partial charge < -0.3 is 0 Å². The number of hydrogen-bond donors (Lipinski definition) is 1. The van der Waals surface area contributed by atoms with Gasteiger partial charge in [-0.1, -0.05) is 0 Å². The van der Waals surface area contributed by atoms with Crippen molar-refractivity contribution in [2.75, 3.05) is 33.2 Å². The maximum absolute atomic E-state index is 9.58. The molecule has 11 heavy (non-hydrogen) atoms. The molecule has 0 aromatic carbocycles. The molecule has 66 valence electrons. The van der Waals surface area contributed by atoms with E-state index < -0.39 is 0 Å². The SMILES string of the molecule is CC(C)N1CC[N+](C)(O)CC1. The van der Waals surface area contributed by atoms with Crippen LogP contribution in [0.2, 0.25) is 0 Å². The second-order valence-corrected chi connectivity index (χ2v) is 3.92. The Morgan fingerprint density at radius 1 is 1.27 bits per heavy atom. The van der Waals surface area contributed by atoms with E-state index >= 15 is 0 Å². The topological polar surface area (TPSA) is 23.5 Å². The third-order valence-electron chi connectivity index (χ3n) is 2.47. The van der Waals surface area contributed by atoms with Gasteiger partial charge in [0.25, 0.3) is 0 Å². The van der Waals surface area contributed by atoms with Gasteiger partial charge in [-0.2, -0.15) is 4.65 Å². The number of hydroxylamine groups is 3. The summed E-state index contributed by atoms with van der Waals surface area (Å²) in [5.41, 5.74) is 0. The minimum absolute atomic E-state index is 0.198. The van der Waals surface area contributed by atoms with Gasteiger partial charge in [-0.05, 0) is 13.8 Å². The van der Waals surface area contributed by atoms with Crippen molar-refractivity contribution in [3.63, 3.8) is 0 Å². The van der Waals surface area contributed by atoms with Crippen LogP contribution in [0.3, 0.4) is 0 Å². The second kappa shape index (κ2) is 3.09. The Morgan fingerprint density at radius 2 is 1.73 bits per heavy atom. The summed E-state index contributed by atoms with van der Waals surface area (Å²) in [6.45, 7) is 8.16. The van der Waals surface area contributed by atoms with E-state index in [9.17, 15) is 5.21 Å². The van der Waals surface area contributed by atoms with Crippen molar-refractivity contribution < 1.29 is 9.85 Å². The number of likely N-dealkylation sites (N-methyl/N-ethyl adjacent to an activating group) is 1. The van der Waals surface area contributed by atoms with Gasteiger partial charge in [0.2, 0.25) is 0 Å². The summed E-state index contributed by atoms with van der Waals surface area (Å²) in [6, 6.07) is 0.621. The Bertz CT molecular complexity index is 124. The van der Waals surface area contributed by atoms with Crippen LogP contribution in [0.4, 0.5) is 0 Å². The molecule has 0 aromatic rings. The molecule has 3 nitrogen and oxygen atoms in total. The summed E-state index contributed by atoms with van der Waals surface area (Å²) < 4.78 is 0.198. The van der Waals surface area contributed by atoms with Crippen LogP contribution in [0.5, 0.6) is 0 Å². The van der Waals surface area contributed by atoms with E-state index in [0.29, 0.717) is 6.04 Å². The first-order valence-corrected chi connectivity index (χ1v) is 4.33. The molecule has 1 heterocycles. The summed E-state index contributed by atoms with van der Waals surface area (Å²) in [5, 5.41) is 9.58. The second-order valence-electron chi connectivity index (χ2n) is 3.92. The van der Waals surface area contributed by atoms with Gasteiger partial charge in [0.1, 0.15) is 13.1 Å². The summed E-state index contributed by atoms with van der Waals surface area (Å²) in [7, 11) is 1.87. The van der Waals surface area contributed by atoms with Crippen molar-refractivity contribution in [3.8, 4) is 0 Å². The molecule has 1 fully saturated rings. The Hall–Kier alpha value is -0.120. The molecule has 0 saturated carbocycles. The zero-order valence-electron chi connectivity index (χ0n) is 7.75. The zero-order chi connectivity index (χ0) is 8.48. The van der Waals surface area contributed by atoms with Gasteiger partial charge in [0.05, 0.1) is 20.1 Å². The van der Waals surface area contributed by atoms with Crippen molar-refractivity contribution in [2.24, 2.45) is 0 Å². The monoisotopic (exact) mass is 159 g/mol. The maximum atomic E-state index is 9.58. The van der Waals surface area contributed by atoms with Crippen LogP contribution in [-0.2, 0) is 0 Å². The summed E-state index contributed by atoms with van der Waals surface area (Å²) >= 11 is 0. The Kier molecular flexibility index (Phi) is 2.52. The van der Waals surface area contributed by atoms with Crippen molar-refractivity contribution in [1.82, 2.24) is 4.90 Å². The fourth-order valence-electron chi connectivity index (χ4n) is 1.43. The third kappa shape index (κ3) is 2.43. The summed E-state index contributed by atoms with van der Waals surface area (Å²) in [6.07, 6.45) is 0. The highest BCUT2D eigenvalue weighted by Crippen LogP contribution is 2.08. The van der Waals surface area contributed by atoms with Gasteiger partial charge in [-0.25, -0.2) is 5.21 Å². The molecule has 0 aromatic heterocycles.